The molecule has 0 N–H and O–H groups in total. The molecule has 0 amide bonds. The first-order valence-corrected chi connectivity index (χ1v) is 4.62. The van der Waals surface area contributed by atoms with Gasteiger partial charge < -0.3 is 9.53 Å². The summed E-state index contributed by atoms with van der Waals surface area (Å²) in [7, 11) is 0. The van der Waals surface area contributed by atoms with Crippen LogP contribution in [0.2, 0.25) is 0 Å². The Morgan fingerprint density at radius 3 is 2.31 bits per heavy atom. The predicted molar refractivity (Wildman–Crippen MR) is 48.1 cm³/mol. The van der Waals surface area contributed by atoms with Crippen LogP contribution >= 0.6 is 0 Å². The van der Waals surface area contributed by atoms with E-state index in [1.54, 1.807) is 0 Å². The molecule has 1 fully saturated rings. The molecule has 0 bridgehead atoms. The van der Waals surface area contributed by atoms with Crippen molar-refractivity contribution in [1.29, 1.82) is 0 Å². The highest BCUT2D eigenvalue weighted by Gasteiger charge is 2.38. The van der Waals surface area contributed by atoms with Crippen LogP contribution in [0.5, 0.6) is 0 Å². The van der Waals surface area contributed by atoms with Gasteiger partial charge in [0.2, 0.25) is 0 Å². The second-order valence-electron chi connectivity index (χ2n) is 4.52. The van der Waals surface area contributed by atoms with Crippen molar-refractivity contribution in [3.8, 4) is 0 Å². The second kappa shape index (κ2) is 3.48. The van der Waals surface area contributed by atoms with E-state index in [0.717, 1.165) is 19.1 Å². The second-order valence-corrected chi connectivity index (χ2v) is 4.52. The minimum absolute atomic E-state index is 0.102. The Bertz CT molecular complexity index is 215. The van der Waals surface area contributed by atoms with E-state index >= 15 is 0 Å². The average Bonchev–Trinajstić information content (AvgIpc) is 1.80. The molecule has 0 heterocycles. The quantitative estimate of drug-likeness (QED) is 0.483. The highest BCUT2D eigenvalue weighted by atomic mass is 16.6. The molecule has 0 unspecified atom stereocenters. The number of aldehydes is 1. The molecule has 0 aromatic rings. The molecule has 1 saturated carbocycles. The lowest BCUT2D eigenvalue weighted by Gasteiger charge is -2.33. The van der Waals surface area contributed by atoms with E-state index in [9.17, 15) is 9.59 Å². The SMILES string of the molecule is CC(C)(C)OC(=O)[C@H]1CC[C@@H]1C=O. The van der Waals surface area contributed by atoms with Crippen LogP contribution in [-0.2, 0) is 14.3 Å². The molecule has 1 aliphatic carbocycles. The van der Waals surface area contributed by atoms with Gasteiger partial charge >= 0.3 is 5.97 Å². The zero-order valence-corrected chi connectivity index (χ0v) is 8.37. The van der Waals surface area contributed by atoms with Crippen molar-refractivity contribution in [3.63, 3.8) is 0 Å². The molecule has 3 nitrogen and oxygen atoms in total. The van der Waals surface area contributed by atoms with Crippen molar-refractivity contribution in [2.45, 2.75) is 39.2 Å². The summed E-state index contributed by atoms with van der Waals surface area (Å²) in [4.78, 5) is 21.9. The van der Waals surface area contributed by atoms with Gasteiger partial charge in [-0.2, -0.15) is 0 Å². The van der Waals surface area contributed by atoms with Crippen LogP contribution < -0.4 is 0 Å². The van der Waals surface area contributed by atoms with Crippen LogP contribution in [0.25, 0.3) is 0 Å². The maximum atomic E-state index is 11.4. The Kier molecular flexibility index (Phi) is 2.74. The Hall–Kier alpha value is -0.860. The molecule has 13 heavy (non-hydrogen) atoms. The van der Waals surface area contributed by atoms with E-state index in [4.69, 9.17) is 4.74 Å². The molecule has 0 aromatic heterocycles. The molecule has 74 valence electrons. The Balaban J connectivity index is 2.45. The smallest absolute Gasteiger partial charge is 0.310 e. The Morgan fingerprint density at radius 1 is 1.38 bits per heavy atom. The third kappa shape index (κ3) is 2.54. The van der Waals surface area contributed by atoms with Gasteiger partial charge in [0.05, 0.1) is 5.92 Å². The number of ether oxygens (including phenoxy) is 1. The van der Waals surface area contributed by atoms with E-state index in [1.807, 2.05) is 20.8 Å². The largest absolute Gasteiger partial charge is 0.460 e. The third-order valence-corrected chi connectivity index (χ3v) is 2.21. The highest BCUT2D eigenvalue weighted by Crippen LogP contribution is 2.34. The minimum atomic E-state index is -0.444. The van der Waals surface area contributed by atoms with Crippen molar-refractivity contribution < 1.29 is 14.3 Å². The number of carbonyl (C=O) groups is 2. The van der Waals surface area contributed by atoms with Crippen LogP contribution in [0, 0.1) is 11.8 Å². The Labute approximate surface area is 78.5 Å². The van der Waals surface area contributed by atoms with E-state index in [1.165, 1.54) is 0 Å². The average molecular weight is 184 g/mol. The standard InChI is InChI=1S/C10H16O3/c1-10(2,3)13-9(12)8-5-4-7(8)6-11/h6-8H,4-5H2,1-3H3/t7-,8+/m1/s1. The van der Waals surface area contributed by atoms with Gasteiger partial charge in [-0.3, -0.25) is 4.79 Å². The van der Waals surface area contributed by atoms with Crippen molar-refractivity contribution in [3.05, 3.63) is 0 Å². The normalized spacial score (nSPS) is 27.6. The minimum Gasteiger partial charge on any atom is -0.460 e. The molecule has 2 atom stereocenters. The van der Waals surface area contributed by atoms with Gasteiger partial charge in [0, 0.05) is 5.92 Å². The van der Waals surface area contributed by atoms with E-state index in [0.29, 0.717) is 0 Å². The summed E-state index contributed by atoms with van der Waals surface area (Å²) in [6.45, 7) is 5.50. The van der Waals surface area contributed by atoms with Gasteiger partial charge in [-0.05, 0) is 33.6 Å². The lowest BCUT2D eigenvalue weighted by Crippen LogP contribution is -2.38. The van der Waals surface area contributed by atoms with Crippen molar-refractivity contribution in [2.24, 2.45) is 11.8 Å². The lowest BCUT2D eigenvalue weighted by atomic mass is 9.74. The molecule has 0 aliphatic heterocycles. The summed E-state index contributed by atoms with van der Waals surface area (Å²) in [5.74, 6) is -0.512. The number of hydrogen-bond donors (Lipinski definition) is 0. The van der Waals surface area contributed by atoms with Gasteiger partial charge in [-0.25, -0.2) is 0 Å². The van der Waals surface area contributed by atoms with Crippen LogP contribution in [0.4, 0.5) is 0 Å². The summed E-state index contributed by atoms with van der Waals surface area (Å²) in [5.41, 5.74) is -0.444. The van der Waals surface area contributed by atoms with Gasteiger partial charge in [0.25, 0.3) is 0 Å². The number of hydrogen-bond acceptors (Lipinski definition) is 3. The monoisotopic (exact) mass is 184 g/mol. The fourth-order valence-corrected chi connectivity index (χ4v) is 1.36. The first-order chi connectivity index (χ1) is 5.94. The van der Waals surface area contributed by atoms with Crippen molar-refractivity contribution in [1.82, 2.24) is 0 Å². The van der Waals surface area contributed by atoms with Crippen LogP contribution in [0.3, 0.4) is 0 Å². The van der Waals surface area contributed by atoms with Crippen LogP contribution in [-0.4, -0.2) is 17.9 Å². The molecule has 3 heteroatoms. The molecule has 0 saturated heterocycles. The van der Waals surface area contributed by atoms with Gasteiger partial charge in [0.15, 0.2) is 0 Å². The van der Waals surface area contributed by atoms with E-state index in [-0.39, 0.29) is 17.8 Å². The summed E-state index contributed by atoms with van der Waals surface area (Å²) in [6.07, 6.45) is 2.48. The Morgan fingerprint density at radius 2 is 2.00 bits per heavy atom. The zero-order chi connectivity index (χ0) is 10.1. The van der Waals surface area contributed by atoms with Gasteiger partial charge in [-0.15, -0.1) is 0 Å². The highest BCUT2D eigenvalue weighted by molar-refractivity contribution is 5.78. The van der Waals surface area contributed by atoms with Crippen LogP contribution in [0.15, 0.2) is 0 Å². The molecule has 0 radical (unpaired) electrons. The molecule has 0 spiro atoms. The van der Waals surface area contributed by atoms with Crippen LogP contribution in [0.1, 0.15) is 33.6 Å². The maximum absolute atomic E-state index is 11.4. The van der Waals surface area contributed by atoms with E-state index < -0.39 is 5.60 Å². The molecule has 1 aliphatic rings. The first-order valence-electron chi connectivity index (χ1n) is 4.62. The third-order valence-electron chi connectivity index (χ3n) is 2.21. The van der Waals surface area contributed by atoms with Crippen molar-refractivity contribution >= 4 is 12.3 Å². The first kappa shape index (κ1) is 10.2. The molecular formula is C10H16O3. The fourth-order valence-electron chi connectivity index (χ4n) is 1.36. The number of rotatable bonds is 2. The number of carbonyl (C=O) groups excluding carboxylic acids is 2. The predicted octanol–water partition coefficient (Wildman–Crippen LogP) is 1.55. The van der Waals surface area contributed by atoms with Gasteiger partial charge in [0.1, 0.15) is 11.9 Å². The summed E-state index contributed by atoms with van der Waals surface area (Å²) < 4.78 is 5.18. The van der Waals surface area contributed by atoms with Gasteiger partial charge in [-0.1, -0.05) is 0 Å². The topological polar surface area (TPSA) is 43.4 Å². The van der Waals surface area contributed by atoms with Crippen molar-refractivity contribution in [2.75, 3.05) is 0 Å². The molecule has 1 rings (SSSR count). The lowest BCUT2D eigenvalue weighted by molar-refractivity contribution is -0.167. The summed E-state index contributed by atoms with van der Waals surface area (Å²) >= 11 is 0. The summed E-state index contributed by atoms with van der Waals surface area (Å²) in [6, 6.07) is 0. The molecular weight excluding hydrogens is 168 g/mol. The summed E-state index contributed by atoms with van der Waals surface area (Å²) in [5, 5.41) is 0. The fraction of sp³-hybridized carbons (Fsp3) is 0.800. The van der Waals surface area contributed by atoms with E-state index in [2.05, 4.69) is 0 Å². The molecule has 0 aromatic carbocycles. The zero-order valence-electron chi connectivity index (χ0n) is 8.37. The number of esters is 1. The maximum Gasteiger partial charge on any atom is 0.310 e.